The van der Waals surface area contributed by atoms with E-state index in [1.165, 1.54) is 5.56 Å². The molecule has 0 radical (unpaired) electrons. The van der Waals surface area contributed by atoms with E-state index in [0.717, 1.165) is 36.5 Å². The van der Waals surface area contributed by atoms with Gasteiger partial charge in [0.2, 0.25) is 5.91 Å². The van der Waals surface area contributed by atoms with Gasteiger partial charge >= 0.3 is 0 Å². The number of thiol groups is 1. The fourth-order valence-electron chi connectivity index (χ4n) is 2.08. The number of benzene rings is 1. The first-order chi connectivity index (χ1) is 8.22. The van der Waals surface area contributed by atoms with Crippen LogP contribution >= 0.6 is 12.6 Å². The van der Waals surface area contributed by atoms with Crippen LogP contribution in [0.1, 0.15) is 18.4 Å². The Morgan fingerprint density at radius 1 is 1.41 bits per heavy atom. The van der Waals surface area contributed by atoms with Gasteiger partial charge in [-0.15, -0.1) is 0 Å². The quantitative estimate of drug-likeness (QED) is 0.635. The number of nitrogens with zero attached hydrogens (tertiary/aromatic N) is 1. The van der Waals surface area contributed by atoms with E-state index in [1.807, 2.05) is 19.2 Å². The molecule has 0 unspecified atom stereocenters. The number of hydrogen-bond donors (Lipinski definition) is 2. The fourth-order valence-corrected chi connectivity index (χ4v) is 2.24. The van der Waals surface area contributed by atoms with Gasteiger partial charge in [0.1, 0.15) is 0 Å². The smallest absolute Gasteiger partial charge is 0.227 e. The highest BCUT2D eigenvalue weighted by atomic mass is 32.1. The van der Waals surface area contributed by atoms with Crippen molar-refractivity contribution >= 4 is 29.9 Å². The third-order valence-corrected chi connectivity index (χ3v) is 3.40. The Kier molecular flexibility index (Phi) is 3.94. The minimum atomic E-state index is 0.202. The minimum Gasteiger partial charge on any atom is -0.385 e. The normalized spacial score (nSPS) is 14.7. The van der Waals surface area contributed by atoms with Crippen molar-refractivity contribution in [2.24, 2.45) is 0 Å². The van der Waals surface area contributed by atoms with E-state index in [1.54, 1.807) is 4.90 Å². The number of anilines is 2. The molecule has 17 heavy (non-hydrogen) atoms. The molecule has 1 heterocycles. The van der Waals surface area contributed by atoms with E-state index in [2.05, 4.69) is 24.0 Å². The lowest BCUT2D eigenvalue weighted by Crippen LogP contribution is -2.31. The maximum Gasteiger partial charge on any atom is 0.227 e. The summed E-state index contributed by atoms with van der Waals surface area (Å²) < 4.78 is 0. The molecular formula is C13H18N2OS. The van der Waals surface area contributed by atoms with Crippen LogP contribution in [0, 0.1) is 0 Å². The number of aryl methyl sites for hydroxylation is 1. The van der Waals surface area contributed by atoms with Crippen molar-refractivity contribution in [3.63, 3.8) is 0 Å². The van der Waals surface area contributed by atoms with Crippen LogP contribution < -0.4 is 10.2 Å². The SMILES string of the molecule is CN1C(=O)CCc2cc(NCCCS)ccc21. The maximum atomic E-state index is 11.6. The largest absolute Gasteiger partial charge is 0.385 e. The summed E-state index contributed by atoms with van der Waals surface area (Å²) in [5, 5.41) is 3.37. The van der Waals surface area contributed by atoms with Gasteiger partial charge in [-0.3, -0.25) is 4.79 Å². The second-order valence-corrected chi connectivity index (χ2v) is 4.75. The van der Waals surface area contributed by atoms with Gasteiger partial charge in [0, 0.05) is 31.4 Å². The zero-order valence-corrected chi connectivity index (χ0v) is 11.0. The monoisotopic (exact) mass is 250 g/mol. The number of carbonyl (C=O) groups excluding carboxylic acids is 1. The molecule has 0 bridgehead atoms. The molecule has 1 amide bonds. The zero-order chi connectivity index (χ0) is 12.3. The zero-order valence-electron chi connectivity index (χ0n) is 10.1. The molecule has 92 valence electrons. The molecule has 3 nitrogen and oxygen atoms in total. The van der Waals surface area contributed by atoms with E-state index in [4.69, 9.17) is 0 Å². The number of rotatable bonds is 4. The van der Waals surface area contributed by atoms with E-state index >= 15 is 0 Å². The van der Waals surface area contributed by atoms with Crippen molar-refractivity contribution in [3.8, 4) is 0 Å². The summed E-state index contributed by atoms with van der Waals surface area (Å²) in [7, 11) is 1.84. The Morgan fingerprint density at radius 2 is 2.24 bits per heavy atom. The van der Waals surface area contributed by atoms with Crippen molar-refractivity contribution in [2.45, 2.75) is 19.3 Å². The van der Waals surface area contributed by atoms with Gasteiger partial charge in [-0.25, -0.2) is 0 Å². The summed E-state index contributed by atoms with van der Waals surface area (Å²) in [5.41, 5.74) is 3.43. The molecule has 1 N–H and O–H groups in total. The van der Waals surface area contributed by atoms with Crippen LogP contribution in [0.4, 0.5) is 11.4 Å². The topological polar surface area (TPSA) is 32.3 Å². The van der Waals surface area contributed by atoms with Gasteiger partial charge in [0.25, 0.3) is 0 Å². The molecule has 0 fully saturated rings. The number of fused-ring (bicyclic) bond motifs is 1. The molecule has 0 spiro atoms. The van der Waals surface area contributed by atoms with Crippen LogP contribution in [0.15, 0.2) is 18.2 Å². The van der Waals surface area contributed by atoms with Crippen LogP contribution in [0.25, 0.3) is 0 Å². The molecule has 1 aliphatic rings. The van der Waals surface area contributed by atoms with Gasteiger partial charge in [0.15, 0.2) is 0 Å². The van der Waals surface area contributed by atoms with E-state index in [9.17, 15) is 4.79 Å². The molecular weight excluding hydrogens is 232 g/mol. The summed E-state index contributed by atoms with van der Waals surface area (Å²) in [6.07, 6.45) is 2.52. The first kappa shape index (κ1) is 12.3. The lowest BCUT2D eigenvalue weighted by molar-refractivity contribution is -0.118. The number of hydrogen-bond acceptors (Lipinski definition) is 3. The molecule has 0 saturated heterocycles. The van der Waals surface area contributed by atoms with E-state index < -0.39 is 0 Å². The lowest BCUT2D eigenvalue weighted by atomic mass is 10.0. The highest BCUT2D eigenvalue weighted by Crippen LogP contribution is 2.29. The Morgan fingerprint density at radius 3 is 3.00 bits per heavy atom. The highest BCUT2D eigenvalue weighted by molar-refractivity contribution is 7.80. The maximum absolute atomic E-state index is 11.6. The molecule has 0 aromatic heterocycles. The van der Waals surface area contributed by atoms with Gasteiger partial charge in [0.05, 0.1) is 0 Å². The van der Waals surface area contributed by atoms with Crippen molar-refractivity contribution < 1.29 is 4.79 Å². The van der Waals surface area contributed by atoms with E-state index in [0.29, 0.717) is 6.42 Å². The standard InChI is InChI=1S/C13H18N2OS/c1-15-12-5-4-11(14-7-2-8-17)9-10(12)3-6-13(15)16/h4-5,9,14,17H,2-3,6-8H2,1H3. The van der Waals surface area contributed by atoms with Crippen LogP contribution in [0.5, 0.6) is 0 Å². The van der Waals surface area contributed by atoms with Crippen molar-refractivity contribution in [3.05, 3.63) is 23.8 Å². The van der Waals surface area contributed by atoms with Crippen LogP contribution in [0.3, 0.4) is 0 Å². The minimum absolute atomic E-state index is 0.202. The average Bonchev–Trinajstić information content (AvgIpc) is 2.34. The molecule has 0 saturated carbocycles. The van der Waals surface area contributed by atoms with Gasteiger partial charge in [-0.1, -0.05) is 0 Å². The Labute approximate surface area is 108 Å². The summed E-state index contributed by atoms with van der Waals surface area (Å²) in [4.78, 5) is 13.3. The first-order valence-corrected chi connectivity index (χ1v) is 6.60. The van der Waals surface area contributed by atoms with Gasteiger partial charge < -0.3 is 10.2 Å². The second kappa shape index (κ2) is 5.45. The molecule has 0 atom stereocenters. The lowest BCUT2D eigenvalue weighted by Gasteiger charge is -2.26. The number of amides is 1. The first-order valence-electron chi connectivity index (χ1n) is 5.96. The third kappa shape index (κ3) is 2.75. The van der Waals surface area contributed by atoms with Crippen molar-refractivity contribution in [2.75, 3.05) is 29.6 Å². The third-order valence-electron chi connectivity index (χ3n) is 3.09. The van der Waals surface area contributed by atoms with Crippen LogP contribution in [0.2, 0.25) is 0 Å². The molecule has 1 aromatic rings. The summed E-state index contributed by atoms with van der Waals surface area (Å²) in [6, 6.07) is 6.21. The van der Waals surface area contributed by atoms with Crippen molar-refractivity contribution in [1.82, 2.24) is 0 Å². The summed E-state index contributed by atoms with van der Waals surface area (Å²) in [6.45, 7) is 0.942. The number of carbonyl (C=O) groups is 1. The molecule has 0 aliphatic carbocycles. The summed E-state index contributed by atoms with van der Waals surface area (Å²) >= 11 is 4.18. The molecule has 4 heteroatoms. The van der Waals surface area contributed by atoms with Gasteiger partial charge in [-0.05, 0) is 42.4 Å². The average molecular weight is 250 g/mol. The Bertz CT molecular complexity index is 420. The predicted molar refractivity (Wildman–Crippen MR) is 75.1 cm³/mol. The predicted octanol–water partition coefficient (Wildman–Crippen LogP) is 2.33. The summed E-state index contributed by atoms with van der Waals surface area (Å²) in [5.74, 6) is 1.10. The van der Waals surface area contributed by atoms with Crippen LogP contribution in [-0.2, 0) is 11.2 Å². The second-order valence-electron chi connectivity index (χ2n) is 4.30. The van der Waals surface area contributed by atoms with Gasteiger partial charge in [-0.2, -0.15) is 12.6 Å². The molecule has 1 aliphatic heterocycles. The van der Waals surface area contributed by atoms with Crippen LogP contribution in [-0.4, -0.2) is 25.3 Å². The Balaban J connectivity index is 2.12. The van der Waals surface area contributed by atoms with Crippen molar-refractivity contribution in [1.29, 1.82) is 0 Å². The Hall–Kier alpha value is -1.16. The number of nitrogens with one attached hydrogen (secondary N) is 1. The fraction of sp³-hybridized carbons (Fsp3) is 0.462. The molecule has 1 aromatic carbocycles. The highest BCUT2D eigenvalue weighted by Gasteiger charge is 2.20. The van der Waals surface area contributed by atoms with E-state index in [-0.39, 0.29) is 5.91 Å². The molecule has 2 rings (SSSR count).